The van der Waals surface area contributed by atoms with Crippen LogP contribution in [0.4, 0.5) is 0 Å². The number of hydrogen-bond acceptors (Lipinski definition) is 4. The summed E-state index contributed by atoms with van der Waals surface area (Å²) in [5.74, 6) is 1.54. The lowest BCUT2D eigenvalue weighted by atomic mass is 9.31. The quantitative estimate of drug-likeness (QED) is 0.331. The summed E-state index contributed by atoms with van der Waals surface area (Å²) in [5.41, 5.74) is 6.41. The van der Waals surface area contributed by atoms with Crippen LogP contribution < -0.4 is 5.73 Å². The minimum absolute atomic E-state index is 0.00876. The molecule has 0 radical (unpaired) electrons. The maximum atomic E-state index is 14.4. The molecule has 10 atom stereocenters. The van der Waals surface area contributed by atoms with Crippen molar-refractivity contribution in [1.82, 2.24) is 5.06 Å². The molecular formula is C31H52N2O3. The molecule has 1 amide bonds. The van der Waals surface area contributed by atoms with Gasteiger partial charge < -0.3 is 5.73 Å². The molecular weight excluding hydrogens is 448 g/mol. The number of fused-ring (bicyclic) bond motifs is 7. The normalized spacial score (nSPS) is 53.9. The van der Waals surface area contributed by atoms with Crippen molar-refractivity contribution in [3.8, 4) is 0 Å². The first-order chi connectivity index (χ1) is 16.5. The number of carbonyl (C=O) groups excluding carboxylic acids is 2. The summed E-state index contributed by atoms with van der Waals surface area (Å²) in [6.45, 7) is 16.6. The van der Waals surface area contributed by atoms with Gasteiger partial charge in [0.2, 0.25) is 0 Å². The first-order valence-electron chi connectivity index (χ1n) is 14.7. The fourth-order valence-corrected chi connectivity index (χ4v) is 11.5. The van der Waals surface area contributed by atoms with Gasteiger partial charge in [-0.05, 0) is 103 Å². The molecule has 5 fully saturated rings. The zero-order valence-corrected chi connectivity index (χ0v) is 24.2. The smallest absolute Gasteiger partial charge is 0.251 e. The predicted molar refractivity (Wildman–Crippen MR) is 142 cm³/mol. The zero-order chi connectivity index (χ0) is 26.7. The summed E-state index contributed by atoms with van der Waals surface area (Å²) in [6, 6.07) is 0.208. The van der Waals surface area contributed by atoms with E-state index in [4.69, 9.17) is 5.73 Å². The van der Waals surface area contributed by atoms with Crippen LogP contribution in [-0.2, 0) is 9.59 Å². The highest BCUT2D eigenvalue weighted by atomic mass is 16.5. The first kappa shape index (κ1) is 26.7. The van der Waals surface area contributed by atoms with Gasteiger partial charge in [0, 0.05) is 30.8 Å². The average molecular weight is 501 g/mol. The summed E-state index contributed by atoms with van der Waals surface area (Å²) in [7, 11) is 1.46. The maximum absolute atomic E-state index is 14.4. The van der Waals surface area contributed by atoms with E-state index < -0.39 is 5.41 Å². The van der Waals surface area contributed by atoms with E-state index in [0.29, 0.717) is 30.0 Å². The number of carbonyl (C=O) groups is 2. The number of hydrogen-bond donors (Lipinski definition) is 2. The molecule has 204 valence electrons. The van der Waals surface area contributed by atoms with Crippen molar-refractivity contribution in [2.45, 2.75) is 119 Å². The molecule has 0 aromatic carbocycles. The molecule has 0 aromatic rings. The molecule has 0 spiro atoms. The molecule has 0 bridgehead atoms. The third kappa shape index (κ3) is 3.20. The molecule has 36 heavy (non-hydrogen) atoms. The highest BCUT2D eigenvalue weighted by Crippen LogP contribution is 2.76. The van der Waals surface area contributed by atoms with Gasteiger partial charge in [-0.15, -0.1) is 0 Å². The topological polar surface area (TPSA) is 83.6 Å². The van der Waals surface area contributed by atoms with Gasteiger partial charge in [-0.2, -0.15) is 0 Å². The minimum Gasteiger partial charge on any atom is -0.327 e. The van der Waals surface area contributed by atoms with Crippen LogP contribution in [0.3, 0.4) is 0 Å². The predicted octanol–water partition coefficient (Wildman–Crippen LogP) is 6.22. The standard InChI is InChI=1S/C31H52N2O3/c1-26(2)22-9-12-31(7)24(29(22,5)11-10-23(26)32)21(34)17-19-20-18-28(4,25(35)33(8)36)14-13-27(20,3)15-16-30(19,31)6/h19-20,22-24,36H,9-18,32H2,1-8H3/t19-,20-,22?,23+,24-,27-,28+,29+,30-,31-/m1/s1. The maximum Gasteiger partial charge on any atom is 0.251 e. The van der Waals surface area contributed by atoms with Crippen molar-refractivity contribution in [3.63, 3.8) is 0 Å². The zero-order valence-electron chi connectivity index (χ0n) is 24.2. The monoisotopic (exact) mass is 500 g/mol. The number of ketones is 1. The molecule has 5 rings (SSSR count). The van der Waals surface area contributed by atoms with Crippen LogP contribution in [0.15, 0.2) is 0 Å². The van der Waals surface area contributed by atoms with E-state index in [1.165, 1.54) is 19.9 Å². The van der Waals surface area contributed by atoms with Gasteiger partial charge in [0.1, 0.15) is 5.78 Å². The Morgan fingerprint density at radius 1 is 0.889 bits per heavy atom. The molecule has 3 N–H and O–H groups in total. The molecule has 0 saturated heterocycles. The van der Waals surface area contributed by atoms with E-state index in [1.54, 1.807) is 0 Å². The van der Waals surface area contributed by atoms with Crippen LogP contribution in [0.5, 0.6) is 0 Å². The first-order valence-corrected chi connectivity index (χ1v) is 14.7. The molecule has 0 heterocycles. The fourth-order valence-electron chi connectivity index (χ4n) is 11.5. The second-order valence-electron chi connectivity index (χ2n) is 16.0. The largest absolute Gasteiger partial charge is 0.327 e. The Bertz CT molecular complexity index is 961. The van der Waals surface area contributed by atoms with Crippen LogP contribution in [0.25, 0.3) is 0 Å². The SMILES string of the molecule is CN(O)C(=O)[C@@]1(C)CC[C@]2(C)CC[C@]3(C)[C@H](CC(=O)[C@@H]4[C@@]5(C)CC[C@H](N)C(C)(C)C5CC[C@]43C)[C@H]2C1. The van der Waals surface area contributed by atoms with Gasteiger partial charge in [0.25, 0.3) is 5.91 Å². The molecule has 1 unspecified atom stereocenters. The van der Waals surface area contributed by atoms with Crippen LogP contribution in [0.2, 0.25) is 0 Å². The Balaban J connectivity index is 1.55. The van der Waals surface area contributed by atoms with Crippen LogP contribution >= 0.6 is 0 Å². The molecule has 5 aliphatic rings. The Kier molecular flexibility index (Phi) is 5.78. The van der Waals surface area contributed by atoms with Crippen molar-refractivity contribution in [1.29, 1.82) is 0 Å². The molecule has 0 aliphatic heterocycles. The Hall–Kier alpha value is -0.940. The van der Waals surface area contributed by atoms with Gasteiger partial charge >= 0.3 is 0 Å². The van der Waals surface area contributed by atoms with E-state index in [-0.39, 0.29) is 44.9 Å². The van der Waals surface area contributed by atoms with Crippen molar-refractivity contribution >= 4 is 11.7 Å². The lowest BCUT2D eigenvalue weighted by molar-refractivity contribution is -0.236. The third-order valence-corrected chi connectivity index (χ3v) is 14.1. The Morgan fingerprint density at radius 3 is 2.17 bits per heavy atom. The van der Waals surface area contributed by atoms with Crippen molar-refractivity contribution in [2.24, 2.45) is 61.9 Å². The van der Waals surface area contributed by atoms with Crippen LogP contribution in [0, 0.1) is 56.2 Å². The van der Waals surface area contributed by atoms with Gasteiger partial charge in [-0.25, -0.2) is 5.06 Å². The molecule has 5 aliphatic carbocycles. The van der Waals surface area contributed by atoms with Gasteiger partial charge in [0.15, 0.2) is 0 Å². The molecule has 5 nitrogen and oxygen atoms in total. The third-order valence-electron chi connectivity index (χ3n) is 14.1. The van der Waals surface area contributed by atoms with Crippen LogP contribution in [0.1, 0.15) is 113 Å². The van der Waals surface area contributed by atoms with E-state index >= 15 is 0 Å². The summed E-state index contributed by atoms with van der Waals surface area (Å²) >= 11 is 0. The minimum atomic E-state index is -0.556. The number of hydroxylamine groups is 2. The van der Waals surface area contributed by atoms with Crippen molar-refractivity contribution in [2.75, 3.05) is 7.05 Å². The Morgan fingerprint density at radius 2 is 1.53 bits per heavy atom. The van der Waals surface area contributed by atoms with E-state index in [9.17, 15) is 14.8 Å². The summed E-state index contributed by atoms with van der Waals surface area (Å²) in [4.78, 5) is 27.5. The van der Waals surface area contributed by atoms with Gasteiger partial charge in [0.05, 0.1) is 0 Å². The van der Waals surface area contributed by atoms with Crippen LogP contribution in [-0.4, -0.2) is 35.1 Å². The number of rotatable bonds is 1. The van der Waals surface area contributed by atoms with Gasteiger partial charge in [-0.3, -0.25) is 14.8 Å². The summed E-state index contributed by atoms with van der Waals surface area (Å²) < 4.78 is 0. The number of nitrogens with two attached hydrogens (primary N) is 1. The van der Waals surface area contributed by atoms with E-state index in [0.717, 1.165) is 50.0 Å². The van der Waals surface area contributed by atoms with E-state index in [1.807, 2.05) is 6.92 Å². The van der Waals surface area contributed by atoms with E-state index in [2.05, 4.69) is 41.5 Å². The van der Waals surface area contributed by atoms with Crippen molar-refractivity contribution in [3.05, 3.63) is 0 Å². The highest BCUT2D eigenvalue weighted by Gasteiger charge is 2.72. The highest BCUT2D eigenvalue weighted by molar-refractivity contribution is 5.85. The number of amides is 1. The fraction of sp³-hybridized carbons (Fsp3) is 0.935. The second kappa shape index (κ2) is 7.81. The number of nitrogens with zero attached hydrogens (tertiary/aromatic N) is 1. The van der Waals surface area contributed by atoms with Gasteiger partial charge in [-0.1, -0.05) is 48.5 Å². The molecule has 0 aromatic heterocycles. The van der Waals surface area contributed by atoms with Crippen molar-refractivity contribution < 1.29 is 14.8 Å². The second-order valence-corrected chi connectivity index (χ2v) is 16.0. The molecule has 5 heteroatoms. The lowest BCUT2D eigenvalue weighted by Crippen LogP contribution is -2.70. The summed E-state index contributed by atoms with van der Waals surface area (Å²) in [6.07, 6.45) is 9.95. The summed E-state index contributed by atoms with van der Waals surface area (Å²) in [5, 5.41) is 10.8. The molecule has 5 saturated carbocycles. The number of Topliss-reactive ketones (excluding diaryl/α,β-unsaturated/α-hetero) is 1. The average Bonchev–Trinajstić information content (AvgIpc) is 2.78. The lowest BCUT2D eigenvalue weighted by Gasteiger charge is -2.73. The Labute approximate surface area is 219 Å².